The molecule has 1 N–H and O–H groups in total. The van der Waals surface area contributed by atoms with Crippen LogP contribution in [0.1, 0.15) is 28.8 Å². The van der Waals surface area contributed by atoms with Crippen molar-refractivity contribution in [2.45, 2.75) is 20.4 Å². The molecule has 90 valence electrons. The van der Waals surface area contributed by atoms with E-state index in [4.69, 9.17) is 21.1 Å². The van der Waals surface area contributed by atoms with E-state index in [-0.39, 0.29) is 12.4 Å². The molecular formula is C11H16ClNO3. The monoisotopic (exact) mass is 245 g/mol. The minimum atomic E-state index is -0.584. The molecular weight excluding hydrogens is 230 g/mol. The van der Waals surface area contributed by atoms with Crippen LogP contribution in [0, 0.1) is 6.92 Å². The fourth-order valence-electron chi connectivity index (χ4n) is 1.50. The number of carbonyl (C=O) groups excluding carboxylic acids is 1. The predicted octanol–water partition coefficient (Wildman–Crippen LogP) is 1.78. The number of halogens is 1. The largest absolute Gasteiger partial charge is 0.457 e. The van der Waals surface area contributed by atoms with Crippen LogP contribution < -0.4 is 0 Å². The second-order valence-electron chi connectivity index (χ2n) is 3.56. The van der Waals surface area contributed by atoms with Gasteiger partial charge >= 0.3 is 0 Å². The van der Waals surface area contributed by atoms with E-state index in [0.29, 0.717) is 18.8 Å². The Morgan fingerprint density at radius 3 is 2.75 bits per heavy atom. The summed E-state index contributed by atoms with van der Waals surface area (Å²) in [6.45, 7) is 6.01. The normalized spacial score (nSPS) is 11.1. The maximum absolute atomic E-state index is 10.9. The first-order valence-corrected chi connectivity index (χ1v) is 5.58. The zero-order valence-corrected chi connectivity index (χ0v) is 10.3. The van der Waals surface area contributed by atoms with Gasteiger partial charge in [-0.05, 0) is 31.1 Å². The van der Waals surface area contributed by atoms with Crippen LogP contribution in [0.5, 0.6) is 0 Å². The lowest BCUT2D eigenvalue weighted by Crippen LogP contribution is -2.26. The molecule has 0 aliphatic heterocycles. The molecule has 16 heavy (non-hydrogen) atoms. The van der Waals surface area contributed by atoms with Crippen LogP contribution in [0.15, 0.2) is 10.5 Å². The number of carbonyl (C=O) groups is 1. The van der Waals surface area contributed by atoms with E-state index in [1.165, 1.54) is 0 Å². The maximum Gasteiger partial charge on any atom is 0.287 e. The topological polar surface area (TPSA) is 53.7 Å². The molecule has 0 amide bonds. The van der Waals surface area contributed by atoms with Crippen LogP contribution in [0.4, 0.5) is 0 Å². The molecule has 0 saturated carbocycles. The molecule has 1 aromatic heterocycles. The molecule has 0 bridgehead atoms. The van der Waals surface area contributed by atoms with E-state index in [1.807, 2.05) is 6.92 Å². The van der Waals surface area contributed by atoms with E-state index < -0.39 is 5.24 Å². The van der Waals surface area contributed by atoms with Crippen LogP contribution in [-0.4, -0.2) is 34.9 Å². The van der Waals surface area contributed by atoms with Crippen LogP contribution in [0.2, 0.25) is 0 Å². The fraction of sp³-hybridized carbons (Fsp3) is 0.545. The van der Waals surface area contributed by atoms with Crippen molar-refractivity contribution < 1.29 is 14.3 Å². The van der Waals surface area contributed by atoms with Crippen molar-refractivity contribution >= 4 is 16.8 Å². The third-order valence-corrected chi connectivity index (χ3v) is 2.66. The molecule has 0 aliphatic rings. The summed E-state index contributed by atoms with van der Waals surface area (Å²) in [6, 6.07) is 1.66. The average Bonchev–Trinajstić information content (AvgIpc) is 2.60. The standard InChI is InChI=1S/C11H16ClNO3/c1-3-13(4-5-14)7-9-6-10(11(12)15)16-8(9)2/h6,14H,3-5,7H2,1-2H3. The van der Waals surface area contributed by atoms with Crippen molar-refractivity contribution in [1.82, 2.24) is 4.90 Å². The summed E-state index contributed by atoms with van der Waals surface area (Å²) in [4.78, 5) is 13.0. The zero-order valence-electron chi connectivity index (χ0n) is 9.49. The lowest BCUT2D eigenvalue weighted by Gasteiger charge is -2.18. The van der Waals surface area contributed by atoms with E-state index >= 15 is 0 Å². The van der Waals surface area contributed by atoms with Crippen LogP contribution in [0.25, 0.3) is 0 Å². The Morgan fingerprint density at radius 1 is 1.62 bits per heavy atom. The molecule has 1 heterocycles. The second-order valence-corrected chi connectivity index (χ2v) is 3.90. The molecule has 0 aliphatic carbocycles. The Bertz CT molecular complexity index is 362. The minimum absolute atomic E-state index is 0.117. The van der Waals surface area contributed by atoms with Gasteiger partial charge in [-0.2, -0.15) is 0 Å². The molecule has 0 unspecified atom stereocenters. The number of hydrogen-bond donors (Lipinski definition) is 1. The van der Waals surface area contributed by atoms with Crippen molar-refractivity contribution in [2.75, 3.05) is 19.7 Å². The Labute approximate surface area is 99.8 Å². The molecule has 5 heteroatoms. The molecule has 0 spiro atoms. The molecule has 0 saturated heterocycles. The fourth-order valence-corrected chi connectivity index (χ4v) is 1.60. The molecule has 0 aromatic carbocycles. The molecule has 1 rings (SSSR count). The van der Waals surface area contributed by atoms with Gasteiger partial charge in [0.2, 0.25) is 0 Å². The highest BCUT2D eigenvalue weighted by Gasteiger charge is 2.14. The maximum atomic E-state index is 10.9. The summed E-state index contributed by atoms with van der Waals surface area (Å²) in [5.74, 6) is 0.870. The van der Waals surface area contributed by atoms with Crippen molar-refractivity contribution in [3.05, 3.63) is 23.2 Å². The number of aliphatic hydroxyl groups excluding tert-OH is 1. The molecule has 0 atom stereocenters. The van der Waals surface area contributed by atoms with Crippen LogP contribution in [-0.2, 0) is 6.54 Å². The van der Waals surface area contributed by atoms with Crippen LogP contribution >= 0.6 is 11.6 Å². The third-order valence-electron chi connectivity index (χ3n) is 2.47. The Balaban J connectivity index is 2.75. The summed E-state index contributed by atoms with van der Waals surface area (Å²) in [5, 5.41) is 8.28. The summed E-state index contributed by atoms with van der Waals surface area (Å²) in [6.07, 6.45) is 0. The number of nitrogens with zero attached hydrogens (tertiary/aromatic N) is 1. The van der Waals surface area contributed by atoms with Gasteiger partial charge in [-0.3, -0.25) is 9.69 Å². The summed E-state index contributed by atoms with van der Waals surface area (Å²) in [5.41, 5.74) is 0.930. The molecule has 4 nitrogen and oxygen atoms in total. The lowest BCUT2D eigenvalue weighted by atomic mass is 10.2. The molecule has 0 radical (unpaired) electrons. The Morgan fingerprint density at radius 2 is 2.31 bits per heavy atom. The van der Waals surface area contributed by atoms with Gasteiger partial charge in [0.05, 0.1) is 6.61 Å². The second kappa shape index (κ2) is 6.03. The van der Waals surface area contributed by atoms with E-state index in [0.717, 1.165) is 12.1 Å². The van der Waals surface area contributed by atoms with Gasteiger partial charge in [-0.25, -0.2) is 0 Å². The Kier molecular flexibility index (Phi) is 4.99. The van der Waals surface area contributed by atoms with Crippen molar-refractivity contribution in [3.8, 4) is 0 Å². The minimum Gasteiger partial charge on any atom is -0.457 e. The van der Waals surface area contributed by atoms with Gasteiger partial charge < -0.3 is 9.52 Å². The summed E-state index contributed by atoms with van der Waals surface area (Å²) < 4.78 is 5.23. The third kappa shape index (κ3) is 3.33. The van der Waals surface area contributed by atoms with Gasteiger partial charge in [-0.15, -0.1) is 0 Å². The quantitative estimate of drug-likeness (QED) is 0.777. The number of hydrogen-bond acceptors (Lipinski definition) is 4. The number of furan rings is 1. The highest BCUT2D eigenvalue weighted by atomic mass is 35.5. The van der Waals surface area contributed by atoms with Gasteiger partial charge in [0.15, 0.2) is 5.76 Å². The van der Waals surface area contributed by atoms with Gasteiger partial charge in [-0.1, -0.05) is 6.92 Å². The van der Waals surface area contributed by atoms with E-state index in [2.05, 4.69) is 4.90 Å². The van der Waals surface area contributed by atoms with Crippen molar-refractivity contribution in [1.29, 1.82) is 0 Å². The highest BCUT2D eigenvalue weighted by molar-refractivity contribution is 6.67. The van der Waals surface area contributed by atoms with E-state index in [1.54, 1.807) is 13.0 Å². The first-order valence-electron chi connectivity index (χ1n) is 5.20. The molecule has 1 aromatic rings. The smallest absolute Gasteiger partial charge is 0.287 e. The first-order chi connectivity index (χ1) is 7.58. The summed E-state index contributed by atoms with van der Waals surface area (Å²) >= 11 is 5.33. The van der Waals surface area contributed by atoms with E-state index in [9.17, 15) is 4.79 Å². The number of rotatable bonds is 6. The summed E-state index contributed by atoms with van der Waals surface area (Å²) in [7, 11) is 0. The highest BCUT2D eigenvalue weighted by Crippen LogP contribution is 2.18. The molecule has 0 fully saturated rings. The van der Waals surface area contributed by atoms with Crippen LogP contribution in [0.3, 0.4) is 0 Å². The van der Waals surface area contributed by atoms with Crippen molar-refractivity contribution in [3.63, 3.8) is 0 Å². The van der Waals surface area contributed by atoms with Crippen molar-refractivity contribution in [2.24, 2.45) is 0 Å². The number of aliphatic hydroxyl groups is 1. The predicted molar refractivity (Wildman–Crippen MR) is 61.7 cm³/mol. The van der Waals surface area contributed by atoms with Gasteiger partial charge in [0.1, 0.15) is 5.76 Å². The Hall–Kier alpha value is -0.840. The zero-order chi connectivity index (χ0) is 12.1. The first kappa shape index (κ1) is 13.2. The average molecular weight is 246 g/mol. The SMILES string of the molecule is CCN(CCO)Cc1cc(C(=O)Cl)oc1C. The van der Waals surface area contributed by atoms with Gasteiger partial charge in [0.25, 0.3) is 5.24 Å². The van der Waals surface area contributed by atoms with Gasteiger partial charge in [0, 0.05) is 18.7 Å². The number of aryl methyl sites for hydroxylation is 1. The number of likely N-dealkylation sites (N-methyl/N-ethyl adjacent to an activating group) is 1. The lowest BCUT2D eigenvalue weighted by molar-refractivity contribution is 0.105.